The molecule has 2 rings (SSSR count). The number of nitrogens with one attached hydrogen (secondary N) is 1. The first-order valence-corrected chi connectivity index (χ1v) is 7.10. The first kappa shape index (κ1) is 15.0. The molecule has 4 nitrogen and oxygen atoms in total. The van der Waals surface area contributed by atoms with Crippen LogP contribution in [0, 0.1) is 0 Å². The molecule has 0 amide bonds. The smallest absolute Gasteiger partial charge is 0.137 e. The zero-order chi connectivity index (χ0) is 14.4. The van der Waals surface area contributed by atoms with Gasteiger partial charge in [0.2, 0.25) is 0 Å². The van der Waals surface area contributed by atoms with Gasteiger partial charge < -0.3 is 15.2 Å². The maximum Gasteiger partial charge on any atom is 0.137 e. The zero-order valence-corrected chi connectivity index (χ0v) is 12.8. The number of nitrogens with zero attached hydrogens (tertiary/aromatic N) is 1. The van der Waals surface area contributed by atoms with Crippen LogP contribution >= 0.6 is 15.9 Å². The van der Waals surface area contributed by atoms with Gasteiger partial charge in [-0.2, -0.15) is 0 Å². The number of pyridine rings is 1. The molecule has 2 aromatic rings. The molecule has 5 heteroatoms. The summed E-state index contributed by atoms with van der Waals surface area (Å²) in [4.78, 5) is 4.09. The molecule has 0 aliphatic heterocycles. The van der Waals surface area contributed by atoms with Gasteiger partial charge >= 0.3 is 0 Å². The zero-order valence-electron chi connectivity index (χ0n) is 11.2. The largest absolute Gasteiger partial charge is 0.495 e. The molecule has 0 saturated carbocycles. The number of halogens is 1. The third-order valence-electron chi connectivity index (χ3n) is 2.93. The fraction of sp³-hybridized carbons (Fsp3) is 0.267. The van der Waals surface area contributed by atoms with Gasteiger partial charge in [-0.3, -0.25) is 4.98 Å². The van der Waals surface area contributed by atoms with Gasteiger partial charge in [0.05, 0.1) is 19.4 Å². The number of aliphatic hydroxyl groups is 1. The van der Waals surface area contributed by atoms with Crippen LogP contribution < -0.4 is 10.1 Å². The van der Waals surface area contributed by atoms with Crippen LogP contribution in [0.5, 0.6) is 5.75 Å². The van der Waals surface area contributed by atoms with Crippen LogP contribution in [0.25, 0.3) is 0 Å². The van der Waals surface area contributed by atoms with Gasteiger partial charge in [0.1, 0.15) is 5.75 Å². The summed E-state index contributed by atoms with van der Waals surface area (Å²) >= 11 is 3.38. The predicted molar refractivity (Wildman–Crippen MR) is 81.6 cm³/mol. The summed E-state index contributed by atoms with van der Waals surface area (Å²) in [6.07, 6.45) is 2.92. The number of methoxy groups -OCH3 is 1. The summed E-state index contributed by atoms with van der Waals surface area (Å²) in [5, 5.41) is 13.3. The minimum Gasteiger partial charge on any atom is -0.495 e. The van der Waals surface area contributed by atoms with E-state index < -0.39 is 6.10 Å². The predicted octanol–water partition coefficient (Wildman–Crippen LogP) is 2.68. The monoisotopic (exact) mass is 336 g/mol. The van der Waals surface area contributed by atoms with Crippen molar-refractivity contribution in [1.82, 2.24) is 10.3 Å². The van der Waals surface area contributed by atoms with Crippen molar-refractivity contribution in [2.45, 2.75) is 12.6 Å². The van der Waals surface area contributed by atoms with E-state index in [4.69, 9.17) is 4.74 Å². The maximum atomic E-state index is 10.1. The van der Waals surface area contributed by atoms with E-state index in [0.29, 0.717) is 13.1 Å². The van der Waals surface area contributed by atoms with Crippen LogP contribution in [0.3, 0.4) is 0 Å². The average molecular weight is 337 g/mol. The topological polar surface area (TPSA) is 54.4 Å². The molecular weight excluding hydrogens is 320 g/mol. The molecule has 0 aliphatic rings. The van der Waals surface area contributed by atoms with Crippen LogP contribution in [0.2, 0.25) is 0 Å². The van der Waals surface area contributed by atoms with E-state index in [1.165, 1.54) is 0 Å². The summed E-state index contributed by atoms with van der Waals surface area (Å²) in [5.74, 6) is 0.734. The SMILES string of the molecule is COc1cncc(CNC[C@@H](O)c2ccc(Br)cc2)c1. The Morgan fingerprint density at radius 3 is 2.75 bits per heavy atom. The summed E-state index contributed by atoms with van der Waals surface area (Å²) in [6, 6.07) is 9.58. The molecule has 0 spiro atoms. The molecule has 1 aromatic carbocycles. The Kier molecular flexibility index (Phi) is 5.52. The standard InChI is InChI=1S/C15H17BrN2O2/c1-20-14-6-11(7-17-9-14)8-18-10-15(19)12-2-4-13(16)5-3-12/h2-7,9,15,18-19H,8,10H2,1H3/t15-/m1/s1. The lowest BCUT2D eigenvalue weighted by Gasteiger charge is -2.12. The van der Waals surface area contributed by atoms with Crippen LogP contribution in [0.1, 0.15) is 17.2 Å². The number of aliphatic hydroxyl groups excluding tert-OH is 1. The molecule has 0 radical (unpaired) electrons. The fourth-order valence-electron chi connectivity index (χ4n) is 1.83. The van der Waals surface area contributed by atoms with Gasteiger partial charge in [0.15, 0.2) is 0 Å². The van der Waals surface area contributed by atoms with Crippen molar-refractivity contribution in [3.63, 3.8) is 0 Å². The molecular formula is C15H17BrN2O2. The van der Waals surface area contributed by atoms with Crippen LogP contribution in [0.15, 0.2) is 47.2 Å². The number of hydrogen-bond acceptors (Lipinski definition) is 4. The Hall–Kier alpha value is -1.43. The normalized spacial score (nSPS) is 12.2. The molecule has 0 unspecified atom stereocenters. The quantitative estimate of drug-likeness (QED) is 0.851. The van der Waals surface area contributed by atoms with Crippen LogP contribution in [-0.2, 0) is 6.54 Å². The average Bonchev–Trinajstić information content (AvgIpc) is 2.48. The second-order valence-corrected chi connectivity index (χ2v) is 5.35. The van der Waals surface area contributed by atoms with E-state index in [2.05, 4.69) is 26.2 Å². The molecule has 1 heterocycles. The molecule has 0 aliphatic carbocycles. The van der Waals surface area contributed by atoms with Crippen molar-refractivity contribution in [3.8, 4) is 5.75 Å². The Labute approximate surface area is 126 Å². The number of aromatic nitrogens is 1. The van der Waals surface area contributed by atoms with Crippen molar-refractivity contribution in [2.24, 2.45) is 0 Å². The van der Waals surface area contributed by atoms with Gasteiger partial charge in [0, 0.05) is 23.8 Å². The molecule has 0 bridgehead atoms. The molecule has 1 atom stereocenters. The van der Waals surface area contributed by atoms with E-state index in [1.54, 1.807) is 19.5 Å². The highest BCUT2D eigenvalue weighted by atomic mass is 79.9. The third-order valence-corrected chi connectivity index (χ3v) is 3.46. The minimum absolute atomic E-state index is 0.485. The van der Waals surface area contributed by atoms with E-state index >= 15 is 0 Å². The van der Waals surface area contributed by atoms with Gasteiger partial charge in [0.25, 0.3) is 0 Å². The minimum atomic E-state index is -0.526. The Morgan fingerprint density at radius 1 is 1.30 bits per heavy atom. The van der Waals surface area contributed by atoms with Crippen LogP contribution in [-0.4, -0.2) is 23.7 Å². The first-order chi connectivity index (χ1) is 9.69. The highest BCUT2D eigenvalue weighted by molar-refractivity contribution is 9.10. The van der Waals surface area contributed by atoms with Crippen molar-refractivity contribution >= 4 is 15.9 Å². The number of rotatable bonds is 6. The summed E-state index contributed by atoms with van der Waals surface area (Å²) in [6.45, 7) is 1.12. The number of benzene rings is 1. The highest BCUT2D eigenvalue weighted by Crippen LogP contribution is 2.16. The number of ether oxygens (including phenoxy) is 1. The van der Waals surface area contributed by atoms with Crippen LogP contribution in [0.4, 0.5) is 0 Å². The lowest BCUT2D eigenvalue weighted by molar-refractivity contribution is 0.174. The molecule has 2 N–H and O–H groups in total. The van der Waals surface area contributed by atoms with Crippen molar-refractivity contribution in [2.75, 3.05) is 13.7 Å². The lowest BCUT2D eigenvalue weighted by Crippen LogP contribution is -2.21. The highest BCUT2D eigenvalue weighted by Gasteiger charge is 2.06. The Bertz CT molecular complexity index is 546. The fourth-order valence-corrected chi connectivity index (χ4v) is 2.09. The number of hydrogen-bond donors (Lipinski definition) is 2. The van der Waals surface area contributed by atoms with E-state index in [-0.39, 0.29) is 0 Å². The van der Waals surface area contributed by atoms with E-state index in [9.17, 15) is 5.11 Å². The van der Waals surface area contributed by atoms with Crippen molar-refractivity contribution in [1.29, 1.82) is 0 Å². The van der Waals surface area contributed by atoms with Crippen molar-refractivity contribution in [3.05, 3.63) is 58.3 Å². The molecule has 0 fully saturated rings. The third kappa shape index (κ3) is 4.30. The van der Waals surface area contributed by atoms with Crippen molar-refractivity contribution < 1.29 is 9.84 Å². The van der Waals surface area contributed by atoms with Gasteiger partial charge in [-0.1, -0.05) is 28.1 Å². The second kappa shape index (κ2) is 7.38. The van der Waals surface area contributed by atoms with E-state index in [1.807, 2.05) is 30.3 Å². The summed E-state index contributed by atoms with van der Waals surface area (Å²) in [7, 11) is 1.62. The Morgan fingerprint density at radius 2 is 2.05 bits per heavy atom. The lowest BCUT2D eigenvalue weighted by atomic mass is 10.1. The molecule has 106 valence electrons. The summed E-state index contributed by atoms with van der Waals surface area (Å²) < 4.78 is 6.12. The van der Waals surface area contributed by atoms with E-state index in [0.717, 1.165) is 21.3 Å². The maximum absolute atomic E-state index is 10.1. The summed E-state index contributed by atoms with van der Waals surface area (Å²) in [5.41, 5.74) is 1.91. The molecule has 0 saturated heterocycles. The van der Waals surface area contributed by atoms with Gasteiger partial charge in [-0.15, -0.1) is 0 Å². The first-order valence-electron chi connectivity index (χ1n) is 6.31. The van der Waals surface area contributed by atoms with Gasteiger partial charge in [-0.25, -0.2) is 0 Å². The molecule has 1 aromatic heterocycles. The second-order valence-electron chi connectivity index (χ2n) is 4.43. The van der Waals surface area contributed by atoms with Gasteiger partial charge in [-0.05, 0) is 29.3 Å². The Balaban J connectivity index is 1.84. The molecule has 20 heavy (non-hydrogen) atoms.